The van der Waals surface area contributed by atoms with Crippen LogP contribution in [-0.4, -0.2) is 29.3 Å². The van der Waals surface area contributed by atoms with Crippen molar-refractivity contribution in [2.75, 3.05) is 13.2 Å². The SMILES string of the molecule is CCNC(Cc1nc(C(C)OCC)no1)C(C)C. The van der Waals surface area contributed by atoms with E-state index >= 15 is 0 Å². The molecule has 1 N–H and O–H groups in total. The van der Waals surface area contributed by atoms with Crippen molar-refractivity contribution in [1.82, 2.24) is 15.5 Å². The zero-order valence-corrected chi connectivity index (χ0v) is 12.1. The Labute approximate surface area is 109 Å². The summed E-state index contributed by atoms with van der Waals surface area (Å²) in [4.78, 5) is 4.39. The molecule has 0 aliphatic heterocycles. The number of hydrogen-bond acceptors (Lipinski definition) is 5. The quantitative estimate of drug-likeness (QED) is 0.772. The molecule has 0 fully saturated rings. The summed E-state index contributed by atoms with van der Waals surface area (Å²) in [6.45, 7) is 12.0. The number of nitrogens with zero attached hydrogens (tertiary/aromatic N) is 2. The van der Waals surface area contributed by atoms with E-state index in [0.717, 1.165) is 13.0 Å². The smallest absolute Gasteiger partial charge is 0.228 e. The summed E-state index contributed by atoms with van der Waals surface area (Å²) in [6.07, 6.45) is 0.654. The minimum atomic E-state index is -0.107. The lowest BCUT2D eigenvalue weighted by Crippen LogP contribution is -2.35. The minimum absolute atomic E-state index is 0.107. The summed E-state index contributed by atoms with van der Waals surface area (Å²) in [5, 5.41) is 7.40. The molecule has 0 aliphatic carbocycles. The number of rotatable bonds is 8. The van der Waals surface area contributed by atoms with Crippen molar-refractivity contribution < 1.29 is 9.26 Å². The van der Waals surface area contributed by atoms with Crippen molar-refractivity contribution in [3.05, 3.63) is 11.7 Å². The molecule has 2 atom stereocenters. The Morgan fingerprint density at radius 2 is 2.00 bits per heavy atom. The molecule has 0 aliphatic rings. The van der Waals surface area contributed by atoms with Gasteiger partial charge in [0.25, 0.3) is 0 Å². The van der Waals surface area contributed by atoms with Crippen LogP contribution in [0.5, 0.6) is 0 Å². The van der Waals surface area contributed by atoms with Crippen molar-refractivity contribution in [3.8, 4) is 0 Å². The second-order valence-electron chi connectivity index (χ2n) is 4.76. The first-order valence-corrected chi connectivity index (χ1v) is 6.75. The average molecular weight is 255 g/mol. The van der Waals surface area contributed by atoms with Crippen molar-refractivity contribution in [3.63, 3.8) is 0 Å². The van der Waals surface area contributed by atoms with Gasteiger partial charge in [0.2, 0.25) is 5.89 Å². The Morgan fingerprint density at radius 3 is 2.56 bits per heavy atom. The second kappa shape index (κ2) is 7.48. The molecule has 0 saturated heterocycles. The van der Waals surface area contributed by atoms with Crippen LogP contribution in [0.15, 0.2) is 4.52 Å². The van der Waals surface area contributed by atoms with Crippen LogP contribution in [-0.2, 0) is 11.2 Å². The van der Waals surface area contributed by atoms with Crippen molar-refractivity contribution >= 4 is 0 Å². The van der Waals surface area contributed by atoms with E-state index in [0.29, 0.717) is 30.3 Å². The molecule has 1 heterocycles. The molecular formula is C13H25N3O2. The Morgan fingerprint density at radius 1 is 1.28 bits per heavy atom. The molecule has 0 bridgehead atoms. The van der Waals surface area contributed by atoms with Crippen LogP contribution in [0, 0.1) is 5.92 Å². The molecule has 104 valence electrons. The van der Waals surface area contributed by atoms with E-state index < -0.39 is 0 Å². The molecule has 1 aromatic rings. The summed E-state index contributed by atoms with van der Waals surface area (Å²) in [6, 6.07) is 0.366. The van der Waals surface area contributed by atoms with Gasteiger partial charge < -0.3 is 14.6 Å². The Balaban J connectivity index is 2.61. The molecule has 0 saturated carbocycles. The molecule has 1 rings (SSSR count). The van der Waals surface area contributed by atoms with E-state index in [1.165, 1.54) is 0 Å². The maximum absolute atomic E-state index is 5.44. The third-order valence-electron chi connectivity index (χ3n) is 2.93. The molecule has 0 spiro atoms. The first-order valence-electron chi connectivity index (χ1n) is 6.75. The zero-order chi connectivity index (χ0) is 13.5. The third-order valence-corrected chi connectivity index (χ3v) is 2.93. The summed E-state index contributed by atoms with van der Waals surface area (Å²) in [7, 11) is 0. The molecule has 18 heavy (non-hydrogen) atoms. The third kappa shape index (κ3) is 4.38. The van der Waals surface area contributed by atoms with Crippen LogP contribution >= 0.6 is 0 Å². The molecule has 0 amide bonds. The summed E-state index contributed by atoms with van der Waals surface area (Å²) >= 11 is 0. The lowest BCUT2D eigenvalue weighted by molar-refractivity contribution is 0.0683. The van der Waals surface area contributed by atoms with Gasteiger partial charge in [0, 0.05) is 19.1 Å². The van der Waals surface area contributed by atoms with Crippen LogP contribution in [0.3, 0.4) is 0 Å². The van der Waals surface area contributed by atoms with Crippen LogP contribution in [0.4, 0.5) is 0 Å². The average Bonchev–Trinajstić information content (AvgIpc) is 2.77. The standard InChI is InChI=1S/C13H25N3O2/c1-6-14-11(9(3)4)8-12-15-13(16-18-12)10(5)17-7-2/h9-11,14H,6-8H2,1-5H3. The van der Waals surface area contributed by atoms with Gasteiger partial charge in [0.15, 0.2) is 5.82 Å². The molecular weight excluding hydrogens is 230 g/mol. The Hall–Kier alpha value is -0.940. The van der Waals surface area contributed by atoms with E-state index in [4.69, 9.17) is 9.26 Å². The fourth-order valence-corrected chi connectivity index (χ4v) is 1.83. The molecule has 5 heteroatoms. The van der Waals surface area contributed by atoms with Gasteiger partial charge in [-0.15, -0.1) is 0 Å². The predicted molar refractivity (Wildman–Crippen MR) is 70.3 cm³/mol. The van der Waals surface area contributed by atoms with Gasteiger partial charge in [-0.25, -0.2) is 0 Å². The zero-order valence-electron chi connectivity index (χ0n) is 12.1. The van der Waals surface area contributed by atoms with Gasteiger partial charge >= 0.3 is 0 Å². The van der Waals surface area contributed by atoms with Crippen LogP contribution < -0.4 is 5.32 Å². The Bertz CT molecular complexity index is 339. The number of hydrogen-bond donors (Lipinski definition) is 1. The summed E-state index contributed by atoms with van der Waals surface area (Å²) in [5.74, 6) is 1.84. The Kier molecular flexibility index (Phi) is 6.29. The number of nitrogens with one attached hydrogen (secondary N) is 1. The van der Waals surface area contributed by atoms with Gasteiger partial charge in [0.05, 0.1) is 0 Å². The van der Waals surface area contributed by atoms with E-state index in [2.05, 4.69) is 36.2 Å². The van der Waals surface area contributed by atoms with Crippen LogP contribution in [0.2, 0.25) is 0 Å². The first kappa shape index (κ1) is 15.1. The maximum atomic E-state index is 5.44. The van der Waals surface area contributed by atoms with E-state index in [-0.39, 0.29) is 6.10 Å². The van der Waals surface area contributed by atoms with Gasteiger partial charge in [-0.05, 0) is 26.3 Å². The molecule has 1 aromatic heterocycles. The monoisotopic (exact) mass is 255 g/mol. The predicted octanol–water partition coefficient (Wildman–Crippen LogP) is 2.34. The normalized spacial score (nSPS) is 15.0. The van der Waals surface area contributed by atoms with Gasteiger partial charge in [-0.3, -0.25) is 0 Å². The highest BCUT2D eigenvalue weighted by Crippen LogP contribution is 2.15. The molecule has 2 unspecified atom stereocenters. The van der Waals surface area contributed by atoms with E-state index in [1.807, 2.05) is 13.8 Å². The first-order chi connectivity index (χ1) is 8.58. The summed E-state index contributed by atoms with van der Waals surface area (Å²) < 4.78 is 10.7. The van der Waals surface area contributed by atoms with Crippen molar-refractivity contribution in [2.45, 2.75) is 53.2 Å². The molecule has 5 nitrogen and oxygen atoms in total. The van der Waals surface area contributed by atoms with Crippen LogP contribution in [0.1, 0.15) is 52.4 Å². The number of ether oxygens (including phenoxy) is 1. The van der Waals surface area contributed by atoms with Crippen molar-refractivity contribution in [2.24, 2.45) is 5.92 Å². The van der Waals surface area contributed by atoms with Gasteiger partial charge in [0.1, 0.15) is 6.10 Å². The largest absolute Gasteiger partial charge is 0.371 e. The fraction of sp³-hybridized carbons (Fsp3) is 0.846. The highest BCUT2D eigenvalue weighted by atomic mass is 16.5. The highest BCUT2D eigenvalue weighted by molar-refractivity contribution is 4.92. The van der Waals surface area contributed by atoms with Crippen molar-refractivity contribution in [1.29, 1.82) is 0 Å². The second-order valence-corrected chi connectivity index (χ2v) is 4.76. The highest BCUT2D eigenvalue weighted by Gasteiger charge is 2.19. The van der Waals surface area contributed by atoms with E-state index in [9.17, 15) is 0 Å². The minimum Gasteiger partial charge on any atom is -0.371 e. The maximum Gasteiger partial charge on any atom is 0.228 e. The lowest BCUT2D eigenvalue weighted by atomic mass is 10.0. The summed E-state index contributed by atoms with van der Waals surface area (Å²) in [5.41, 5.74) is 0. The van der Waals surface area contributed by atoms with Crippen LogP contribution in [0.25, 0.3) is 0 Å². The molecule has 0 aromatic carbocycles. The fourth-order valence-electron chi connectivity index (χ4n) is 1.83. The number of aromatic nitrogens is 2. The lowest BCUT2D eigenvalue weighted by Gasteiger charge is -2.19. The van der Waals surface area contributed by atoms with Gasteiger partial charge in [-0.2, -0.15) is 4.98 Å². The number of likely N-dealkylation sites (N-methyl/N-ethyl adjacent to an activating group) is 1. The topological polar surface area (TPSA) is 60.2 Å². The van der Waals surface area contributed by atoms with Gasteiger partial charge in [-0.1, -0.05) is 25.9 Å². The van der Waals surface area contributed by atoms with E-state index in [1.54, 1.807) is 0 Å². The molecule has 0 radical (unpaired) electrons.